The van der Waals surface area contributed by atoms with E-state index in [2.05, 4.69) is 5.32 Å². The van der Waals surface area contributed by atoms with Crippen molar-refractivity contribution in [2.75, 3.05) is 42.3 Å². The molecule has 0 radical (unpaired) electrons. The third-order valence-electron chi connectivity index (χ3n) is 5.60. The molecule has 160 valence electrons. The molecule has 2 aliphatic rings. The quantitative estimate of drug-likeness (QED) is 0.756. The summed E-state index contributed by atoms with van der Waals surface area (Å²) in [5, 5.41) is 2.73. The molecule has 0 aromatic heterocycles. The lowest BCUT2D eigenvalue weighted by atomic mass is 10.0. The molecule has 2 aromatic rings. The van der Waals surface area contributed by atoms with Gasteiger partial charge in [0.2, 0.25) is 5.91 Å². The summed E-state index contributed by atoms with van der Waals surface area (Å²) in [5.41, 5.74) is 3.74. The lowest BCUT2D eigenvalue weighted by Gasteiger charge is -2.21. The first kappa shape index (κ1) is 20.7. The summed E-state index contributed by atoms with van der Waals surface area (Å²) >= 11 is 0. The number of carbonyl (C=O) groups is 3. The fourth-order valence-electron chi connectivity index (χ4n) is 4.07. The molecule has 4 rings (SSSR count). The molecule has 0 spiro atoms. The summed E-state index contributed by atoms with van der Waals surface area (Å²) in [5.74, 6) is -0.772. The van der Waals surface area contributed by atoms with Gasteiger partial charge >= 0.3 is 0 Å². The van der Waals surface area contributed by atoms with Crippen molar-refractivity contribution >= 4 is 40.4 Å². The molecule has 0 atom stereocenters. The van der Waals surface area contributed by atoms with E-state index < -0.39 is 0 Å². The highest BCUT2D eigenvalue weighted by Gasteiger charge is 2.42. The van der Waals surface area contributed by atoms with Gasteiger partial charge in [0.25, 0.3) is 11.8 Å². The predicted octanol–water partition coefficient (Wildman–Crippen LogP) is 3.09. The Kier molecular flexibility index (Phi) is 5.50. The minimum atomic E-state index is -0.322. The fourth-order valence-corrected chi connectivity index (χ4v) is 4.07. The Morgan fingerprint density at radius 1 is 0.903 bits per heavy atom. The zero-order chi connectivity index (χ0) is 22.1. The number of imide groups is 1. The molecule has 0 bridgehead atoms. The molecule has 2 aliphatic heterocycles. The molecule has 31 heavy (non-hydrogen) atoms. The third kappa shape index (κ3) is 3.91. The minimum Gasteiger partial charge on any atom is -0.378 e. The van der Waals surface area contributed by atoms with E-state index in [1.54, 1.807) is 36.4 Å². The van der Waals surface area contributed by atoms with Crippen LogP contribution in [-0.2, 0) is 14.4 Å². The highest BCUT2D eigenvalue weighted by atomic mass is 16.2. The normalized spacial score (nSPS) is 16.4. The number of rotatable bonds is 5. The molecule has 0 saturated carbocycles. The Morgan fingerprint density at radius 3 is 2.06 bits per heavy atom. The number of nitrogens with one attached hydrogen (secondary N) is 1. The van der Waals surface area contributed by atoms with Crippen LogP contribution in [0.4, 0.5) is 17.1 Å². The van der Waals surface area contributed by atoms with Crippen molar-refractivity contribution in [3.05, 3.63) is 59.8 Å². The molecule has 0 aliphatic carbocycles. The van der Waals surface area contributed by atoms with Crippen molar-refractivity contribution in [3.63, 3.8) is 0 Å². The van der Waals surface area contributed by atoms with E-state index in [1.165, 1.54) is 11.8 Å². The molecule has 7 nitrogen and oxygen atoms in total. The predicted molar refractivity (Wildman–Crippen MR) is 122 cm³/mol. The average molecular weight is 418 g/mol. The summed E-state index contributed by atoms with van der Waals surface area (Å²) in [4.78, 5) is 43.5. The molecule has 7 heteroatoms. The highest BCUT2D eigenvalue weighted by molar-refractivity contribution is 6.45. The van der Waals surface area contributed by atoms with Crippen molar-refractivity contribution < 1.29 is 14.4 Å². The standard InChI is InChI=1S/C24H26N4O3/c1-16(29)25-18-8-6-17(7-9-18)21-22(27-14-4-5-15-27)24(31)28(23(21)30)20-12-10-19(11-13-20)26(2)3/h6-13H,4-5,14-15H2,1-3H3,(H,25,29). The van der Waals surface area contributed by atoms with Gasteiger partial charge < -0.3 is 15.1 Å². The second kappa shape index (κ2) is 8.26. The van der Waals surface area contributed by atoms with Crippen LogP contribution in [0.3, 0.4) is 0 Å². The SMILES string of the molecule is CC(=O)Nc1ccc(C2=C(N3CCCC3)C(=O)N(c3ccc(N(C)C)cc3)C2=O)cc1. The minimum absolute atomic E-state index is 0.163. The maximum absolute atomic E-state index is 13.5. The van der Waals surface area contributed by atoms with Crippen LogP contribution in [0.1, 0.15) is 25.3 Å². The largest absolute Gasteiger partial charge is 0.378 e. The number of carbonyl (C=O) groups excluding carboxylic acids is 3. The smallest absolute Gasteiger partial charge is 0.282 e. The number of hydrogen-bond donors (Lipinski definition) is 1. The summed E-state index contributed by atoms with van der Waals surface area (Å²) in [7, 11) is 3.88. The lowest BCUT2D eigenvalue weighted by Crippen LogP contribution is -2.34. The van der Waals surface area contributed by atoms with Crippen LogP contribution in [0.15, 0.2) is 54.2 Å². The van der Waals surface area contributed by atoms with Gasteiger partial charge in [0, 0.05) is 45.5 Å². The number of nitrogens with zero attached hydrogens (tertiary/aromatic N) is 3. The van der Waals surface area contributed by atoms with Crippen molar-refractivity contribution in [1.82, 2.24) is 4.90 Å². The second-order valence-corrected chi connectivity index (χ2v) is 8.03. The van der Waals surface area contributed by atoms with E-state index >= 15 is 0 Å². The Hall–Kier alpha value is -3.61. The summed E-state index contributed by atoms with van der Waals surface area (Å²) in [6.07, 6.45) is 1.99. The third-order valence-corrected chi connectivity index (χ3v) is 5.60. The van der Waals surface area contributed by atoms with E-state index in [0.29, 0.717) is 28.2 Å². The van der Waals surface area contributed by atoms with Gasteiger partial charge in [-0.1, -0.05) is 12.1 Å². The Morgan fingerprint density at radius 2 is 1.52 bits per heavy atom. The van der Waals surface area contributed by atoms with E-state index in [0.717, 1.165) is 31.6 Å². The molecule has 2 heterocycles. The Balaban J connectivity index is 1.73. The van der Waals surface area contributed by atoms with Crippen molar-refractivity contribution in [2.24, 2.45) is 0 Å². The number of benzene rings is 2. The van der Waals surface area contributed by atoms with Crippen LogP contribution in [0, 0.1) is 0 Å². The van der Waals surface area contributed by atoms with Crippen molar-refractivity contribution in [1.29, 1.82) is 0 Å². The van der Waals surface area contributed by atoms with E-state index in [4.69, 9.17) is 0 Å². The first-order valence-corrected chi connectivity index (χ1v) is 10.4. The zero-order valence-electron chi connectivity index (χ0n) is 18.0. The number of anilines is 3. The first-order chi connectivity index (χ1) is 14.9. The number of hydrogen-bond acceptors (Lipinski definition) is 5. The van der Waals surface area contributed by atoms with Crippen LogP contribution in [0.25, 0.3) is 5.57 Å². The number of likely N-dealkylation sites (tertiary alicyclic amines) is 1. The topological polar surface area (TPSA) is 73.0 Å². The molecule has 0 unspecified atom stereocenters. The fraction of sp³-hybridized carbons (Fsp3) is 0.292. The molecular weight excluding hydrogens is 392 g/mol. The Bertz CT molecular complexity index is 1050. The first-order valence-electron chi connectivity index (χ1n) is 10.4. The van der Waals surface area contributed by atoms with Crippen LogP contribution in [-0.4, -0.2) is 49.8 Å². The van der Waals surface area contributed by atoms with Crippen LogP contribution in [0.2, 0.25) is 0 Å². The summed E-state index contributed by atoms with van der Waals surface area (Å²) < 4.78 is 0. The average Bonchev–Trinajstić information content (AvgIpc) is 3.34. The molecule has 1 N–H and O–H groups in total. The van der Waals surface area contributed by atoms with Gasteiger partial charge in [-0.05, 0) is 54.8 Å². The monoisotopic (exact) mass is 418 g/mol. The number of amides is 3. The van der Waals surface area contributed by atoms with Crippen LogP contribution in [0.5, 0.6) is 0 Å². The second-order valence-electron chi connectivity index (χ2n) is 8.03. The lowest BCUT2D eigenvalue weighted by molar-refractivity contribution is -0.120. The van der Waals surface area contributed by atoms with Gasteiger partial charge in [-0.2, -0.15) is 0 Å². The summed E-state index contributed by atoms with van der Waals surface area (Å²) in [6.45, 7) is 2.96. The van der Waals surface area contributed by atoms with E-state index in [1.807, 2.05) is 36.0 Å². The van der Waals surface area contributed by atoms with Gasteiger partial charge in [0.1, 0.15) is 5.70 Å². The molecule has 2 aromatic carbocycles. The van der Waals surface area contributed by atoms with E-state index in [-0.39, 0.29) is 17.7 Å². The molecule has 1 fully saturated rings. The van der Waals surface area contributed by atoms with Crippen LogP contribution >= 0.6 is 0 Å². The van der Waals surface area contributed by atoms with Gasteiger partial charge in [0.15, 0.2) is 0 Å². The van der Waals surface area contributed by atoms with Crippen molar-refractivity contribution in [2.45, 2.75) is 19.8 Å². The molecular formula is C24H26N4O3. The zero-order valence-corrected chi connectivity index (χ0v) is 18.0. The molecule has 1 saturated heterocycles. The van der Waals surface area contributed by atoms with E-state index in [9.17, 15) is 14.4 Å². The van der Waals surface area contributed by atoms with Gasteiger partial charge in [-0.15, -0.1) is 0 Å². The Labute approximate surface area is 181 Å². The maximum Gasteiger partial charge on any atom is 0.282 e. The maximum atomic E-state index is 13.5. The summed E-state index contributed by atoms with van der Waals surface area (Å²) in [6, 6.07) is 14.4. The molecule has 3 amide bonds. The van der Waals surface area contributed by atoms with Crippen molar-refractivity contribution in [3.8, 4) is 0 Å². The van der Waals surface area contributed by atoms with Gasteiger partial charge in [0.05, 0.1) is 11.3 Å². The van der Waals surface area contributed by atoms with Gasteiger partial charge in [-0.3, -0.25) is 14.4 Å². The van der Waals surface area contributed by atoms with Crippen LogP contribution < -0.4 is 15.1 Å². The highest BCUT2D eigenvalue weighted by Crippen LogP contribution is 2.36. The van der Waals surface area contributed by atoms with Gasteiger partial charge in [-0.25, -0.2) is 4.90 Å².